The number of hydrogen-bond acceptors (Lipinski definition) is 5. The molecule has 0 amide bonds. The van der Waals surface area contributed by atoms with Crippen LogP contribution in [0.25, 0.3) is 0 Å². The number of benzene rings is 3. The number of rotatable bonds is 7. The number of carbonyl (C=O) groups is 1. The summed E-state index contributed by atoms with van der Waals surface area (Å²) in [5.74, 6) is 1.14. The van der Waals surface area contributed by atoms with Gasteiger partial charge in [-0.15, -0.1) is 0 Å². The summed E-state index contributed by atoms with van der Waals surface area (Å²) in [6, 6.07) is 19.8. The maximum atomic E-state index is 11.5. The zero-order chi connectivity index (χ0) is 19.3. The fourth-order valence-corrected chi connectivity index (χ4v) is 2.82. The summed E-state index contributed by atoms with van der Waals surface area (Å²) in [6.07, 6.45) is 0. The Morgan fingerprint density at radius 3 is 2.46 bits per heavy atom. The number of carboxylic acids is 1. The Hall–Kier alpha value is -3.67. The summed E-state index contributed by atoms with van der Waals surface area (Å²) in [5.41, 5.74) is 1.95. The SMILES string of the molecule is O=C(O)c1ccc(OCc2ccc3c(c2)OCO3)cc1OCc1ccccc1. The summed E-state index contributed by atoms with van der Waals surface area (Å²) in [5, 5.41) is 9.40. The number of carboxylic acid groups (broad SMARTS) is 1. The second-order valence-electron chi connectivity index (χ2n) is 6.21. The van der Waals surface area contributed by atoms with Gasteiger partial charge >= 0.3 is 5.97 Å². The number of ether oxygens (including phenoxy) is 4. The molecule has 0 saturated carbocycles. The third kappa shape index (κ3) is 4.01. The Balaban J connectivity index is 1.47. The van der Waals surface area contributed by atoms with E-state index in [2.05, 4.69) is 0 Å². The van der Waals surface area contributed by atoms with Gasteiger partial charge in [-0.05, 0) is 35.4 Å². The molecule has 0 fully saturated rings. The minimum atomic E-state index is -1.05. The molecule has 3 aromatic carbocycles. The molecule has 6 heteroatoms. The molecule has 0 bridgehead atoms. The molecule has 0 unspecified atom stereocenters. The Bertz CT molecular complexity index is 984. The maximum Gasteiger partial charge on any atom is 0.339 e. The van der Waals surface area contributed by atoms with E-state index >= 15 is 0 Å². The van der Waals surface area contributed by atoms with Gasteiger partial charge < -0.3 is 24.1 Å². The Morgan fingerprint density at radius 2 is 1.64 bits per heavy atom. The second kappa shape index (κ2) is 7.92. The number of hydrogen-bond donors (Lipinski definition) is 1. The van der Waals surface area contributed by atoms with Crippen molar-refractivity contribution < 1.29 is 28.8 Å². The van der Waals surface area contributed by atoms with Gasteiger partial charge in [0.05, 0.1) is 0 Å². The van der Waals surface area contributed by atoms with Gasteiger partial charge in [-0.3, -0.25) is 0 Å². The van der Waals surface area contributed by atoms with E-state index in [1.165, 1.54) is 6.07 Å². The lowest BCUT2D eigenvalue weighted by atomic mass is 10.2. The van der Waals surface area contributed by atoms with Crippen LogP contribution in [-0.2, 0) is 13.2 Å². The van der Waals surface area contributed by atoms with E-state index in [4.69, 9.17) is 18.9 Å². The molecule has 0 saturated heterocycles. The van der Waals surface area contributed by atoms with Crippen molar-refractivity contribution in [1.29, 1.82) is 0 Å². The summed E-state index contributed by atoms with van der Waals surface area (Å²) >= 11 is 0. The topological polar surface area (TPSA) is 74.2 Å². The van der Waals surface area contributed by atoms with Crippen LogP contribution in [0.2, 0.25) is 0 Å². The van der Waals surface area contributed by atoms with Crippen molar-refractivity contribution in [1.82, 2.24) is 0 Å². The standard InChI is InChI=1S/C22H18O6/c23-22(24)18-8-7-17(11-20(18)26-12-15-4-2-1-3-5-15)25-13-16-6-9-19-21(10-16)28-14-27-19/h1-11H,12-14H2,(H,23,24). The first kappa shape index (κ1) is 17.7. The summed E-state index contributed by atoms with van der Waals surface area (Å²) < 4.78 is 22.2. The van der Waals surface area contributed by atoms with Crippen LogP contribution in [0, 0.1) is 0 Å². The quantitative estimate of drug-likeness (QED) is 0.662. The zero-order valence-corrected chi connectivity index (χ0v) is 15.0. The van der Waals surface area contributed by atoms with Crippen LogP contribution in [-0.4, -0.2) is 17.9 Å². The van der Waals surface area contributed by atoms with Crippen molar-refractivity contribution in [2.75, 3.05) is 6.79 Å². The lowest BCUT2D eigenvalue weighted by molar-refractivity contribution is 0.0691. The monoisotopic (exact) mass is 378 g/mol. The molecule has 4 rings (SSSR count). The van der Waals surface area contributed by atoms with E-state index in [-0.39, 0.29) is 24.7 Å². The highest BCUT2D eigenvalue weighted by atomic mass is 16.7. The Morgan fingerprint density at radius 1 is 0.857 bits per heavy atom. The first-order chi connectivity index (χ1) is 13.7. The summed E-state index contributed by atoms with van der Waals surface area (Å²) in [4.78, 5) is 11.5. The van der Waals surface area contributed by atoms with Gasteiger partial charge in [0.2, 0.25) is 6.79 Å². The van der Waals surface area contributed by atoms with E-state index in [0.717, 1.165) is 11.1 Å². The van der Waals surface area contributed by atoms with Gasteiger partial charge in [0.25, 0.3) is 0 Å². The molecule has 142 valence electrons. The zero-order valence-electron chi connectivity index (χ0n) is 15.0. The van der Waals surface area contributed by atoms with Crippen LogP contribution < -0.4 is 18.9 Å². The van der Waals surface area contributed by atoms with Crippen molar-refractivity contribution in [3.63, 3.8) is 0 Å². The van der Waals surface area contributed by atoms with Crippen molar-refractivity contribution >= 4 is 5.97 Å². The molecule has 1 heterocycles. The minimum absolute atomic E-state index is 0.0892. The molecule has 1 N–H and O–H groups in total. The van der Waals surface area contributed by atoms with Crippen molar-refractivity contribution in [3.05, 3.63) is 83.4 Å². The number of fused-ring (bicyclic) bond motifs is 1. The van der Waals surface area contributed by atoms with Crippen LogP contribution in [0.4, 0.5) is 0 Å². The Kier molecular flexibility index (Phi) is 5.01. The van der Waals surface area contributed by atoms with Gasteiger partial charge in [-0.2, -0.15) is 0 Å². The van der Waals surface area contributed by atoms with Crippen LogP contribution in [0.5, 0.6) is 23.0 Å². The van der Waals surface area contributed by atoms with Crippen LogP contribution in [0.3, 0.4) is 0 Å². The predicted molar refractivity (Wildman–Crippen MR) is 101 cm³/mol. The molecule has 6 nitrogen and oxygen atoms in total. The first-order valence-corrected chi connectivity index (χ1v) is 8.74. The van der Waals surface area contributed by atoms with Gasteiger partial charge in [0.15, 0.2) is 11.5 Å². The van der Waals surface area contributed by atoms with E-state index < -0.39 is 5.97 Å². The van der Waals surface area contributed by atoms with Crippen LogP contribution >= 0.6 is 0 Å². The summed E-state index contributed by atoms with van der Waals surface area (Å²) in [6.45, 7) is 0.798. The minimum Gasteiger partial charge on any atom is -0.489 e. The van der Waals surface area contributed by atoms with Crippen LogP contribution in [0.1, 0.15) is 21.5 Å². The third-order valence-electron chi connectivity index (χ3n) is 4.26. The molecular weight excluding hydrogens is 360 g/mol. The molecule has 28 heavy (non-hydrogen) atoms. The van der Waals surface area contributed by atoms with E-state index in [0.29, 0.717) is 23.9 Å². The maximum absolute atomic E-state index is 11.5. The van der Waals surface area contributed by atoms with Crippen molar-refractivity contribution in [3.8, 4) is 23.0 Å². The van der Waals surface area contributed by atoms with Gasteiger partial charge in [0.1, 0.15) is 30.3 Å². The highest BCUT2D eigenvalue weighted by molar-refractivity contribution is 5.91. The lowest BCUT2D eigenvalue weighted by Crippen LogP contribution is -2.04. The fraction of sp³-hybridized carbons (Fsp3) is 0.136. The highest BCUT2D eigenvalue weighted by Crippen LogP contribution is 2.33. The average Bonchev–Trinajstić information content (AvgIpc) is 3.19. The van der Waals surface area contributed by atoms with E-state index in [1.807, 2.05) is 48.5 Å². The third-order valence-corrected chi connectivity index (χ3v) is 4.26. The lowest BCUT2D eigenvalue weighted by Gasteiger charge is -2.12. The first-order valence-electron chi connectivity index (χ1n) is 8.74. The van der Waals surface area contributed by atoms with E-state index in [1.54, 1.807) is 12.1 Å². The van der Waals surface area contributed by atoms with Gasteiger partial charge in [-0.25, -0.2) is 4.79 Å². The van der Waals surface area contributed by atoms with Gasteiger partial charge in [-0.1, -0.05) is 36.4 Å². The molecular formula is C22H18O6. The molecule has 1 aliphatic heterocycles. The molecule has 0 spiro atoms. The van der Waals surface area contributed by atoms with Crippen LogP contribution in [0.15, 0.2) is 66.7 Å². The van der Waals surface area contributed by atoms with Gasteiger partial charge in [0, 0.05) is 6.07 Å². The molecule has 0 atom stereocenters. The average molecular weight is 378 g/mol. The predicted octanol–water partition coefficient (Wildman–Crippen LogP) is 4.27. The van der Waals surface area contributed by atoms with Crippen molar-refractivity contribution in [2.45, 2.75) is 13.2 Å². The normalized spacial score (nSPS) is 11.9. The van der Waals surface area contributed by atoms with E-state index in [9.17, 15) is 9.90 Å². The second-order valence-corrected chi connectivity index (χ2v) is 6.21. The molecule has 0 aromatic heterocycles. The molecule has 3 aromatic rings. The Labute approximate surface area is 161 Å². The van der Waals surface area contributed by atoms with Crippen molar-refractivity contribution in [2.24, 2.45) is 0 Å². The smallest absolute Gasteiger partial charge is 0.339 e. The largest absolute Gasteiger partial charge is 0.489 e. The molecule has 0 radical (unpaired) electrons. The fourth-order valence-electron chi connectivity index (χ4n) is 2.82. The summed E-state index contributed by atoms with van der Waals surface area (Å²) in [7, 11) is 0. The number of aromatic carboxylic acids is 1. The highest BCUT2D eigenvalue weighted by Gasteiger charge is 2.15. The molecule has 1 aliphatic rings. The molecule has 0 aliphatic carbocycles.